The molecule has 15 heteroatoms. The summed E-state index contributed by atoms with van der Waals surface area (Å²) in [7, 11) is 3.13. The van der Waals surface area contributed by atoms with E-state index in [0.717, 1.165) is 23.5 Å². The van der Waals surface area contributed by atoms with E-state index in [4.69, 9.17) is 0 Å². The summed E-state index contributed by atoms with van der Waals surface area (Å²) in [5, 5.41) is 10.7. The summed E-state index contributed by atoms with van der Waals surface area (Å²) in [6, 6.07) is 13.8. The molecule has 1 spiro atoms. The molecule has 0 aliphatic carbocycles. The number of ketones is 1. The molecule has 13 nitrogen and oxygen atoms in total. The Morgan fingerprint density at radius 1 is 0.873 bits per heavy atom. The lowest BCUT2D eigenvalue weighted by Gasteiger charge is -2.36. The zero-order chi connectivity index (χ0) is 40.3. The van der Waals surface area contributed by atoms with Crippen LogP contribution < -0.4 is 21.3 Å². The largest absolute Gasteiger partial charge is 0.347 e. The molecule has 0 bridgehead atoms. The van der Waals surface area contributed by atoms with Gasteiger partial charge in [-0.05, 0) is 40.9 Å². The molecule has 4 N–H and O–H groups in total. The van der Waals surface area contributed by atoms with Gasteiger partial charge in [-0.2, -0.15) is 0 Å². The molecule has 0 saturated carbocycles. The maximum atomic E-state index is 14.5. The minimum atomic E-state index is -1.21. The summed E-state index contributed by atoms with van der Waals surface area (Å²) in [4.78, 5) is 97.2. The van der Waals surface area contributed by atoms with E-state index < -0.39 is 63.7 Å². The zero-order valence-electron chi connectivity index (χ0n) is 32.5. The van der Waals surface area contributed by atoms with Crippen molar-refractivity contribution in [3.8, 4) is 0 Å². The van der Waals surface area contributed by atoms with E-state index in [9.17, 15) is 33.6 Å². The van der Waals surface area contributed by atoms with Gasteiger partial charge < -0.3 is 31.1 Å². The highest BCUT2D eigenvalue weighted by Gasteiger charge is 2.53. The van der Waals surface area contributed by atoms with Gasteiger partial charge >= 0.3 is 0 Å². The van der Waals surface area contributed by atoms with Gasteiger partial charge in [-0.1, -0.05) is 94.8 Å². The third-order valence-electron chi connectivity index (χ3n) is 9.49. The number of thioether (sulfide) groups is 2. The van der Waals surface area contributed by atoms with Crippen LogP contribution in [0.2, 0.25) is 0 Å². The number of likely N-dealkylation sites (N-methyl/N-ethyl adjacent to an activating group) is 1. The van der Waals surface area contributed by atoms with Crippen molar-refractivity contribution in [3.63, 3.8) is 0 Å². The van der Waals surface area contributed by atoms with Crippen LogP contribution in [0.5, 0.6) is 0 Å². The average molecular weight is 795 g/mol. The van der Waals surface area contributed by atoms with Crippen molar-refractivity contribution in [2.24, 2.45) is 5.41 Å². The van der Waals surface area contributed by atoms with E-state index in [-0.39, 0.29) is 37.1 Å². The topological polar surface area (TPSA) is 174 Å². The Hall–Kier alpha value is -4.37. The number of hydrogen-bond acceptors (Lipinski definition) is 9. The average Bonchev–Trinajstić information content (AvgIpc) is 3.53. The molecule has 0 aromatic heterocycles. The van der Waals surface area contributed by atoms with Crippen molar-refractivity contribution in [1.29, 1.82) is 0 Å². The Bertz CT molecular complexity index is 1700. The summed E-state index contributed by atoms with van der Waals surface area (Å²) < 4.78 is -0.438. The van der Waals surface area contributed by atoms with Gasteiger partial charge in [-0.3, -0.25) is 33.6 Å². The minimum Gasteiger partial charge on any atom is -0.347 e. The lowest BCUT2D eigenvalue weighted by Crippen LogP contribution is -2.59. The maximum Gasteiger partial charge on any atom is 0.290 e. The summed E-state index contributed by atoms with van der Waals surface area (Å²) in [6.07, 6.45) is 2.03. The highest BCUT2D eigenvalue weighted by molar-refractivity contribution is 8.18. The monoisotopic (exact) mass is 794 g/mol. The van der Waals surface area contributed by atoms with Gasteiger partial charge in [0.05, 0.1) is 23.1 Å². The zero-order valence-corrected chi connectivity index (χ0v) is 34.1. The maximum absolute atomic E-state index is 14.5. The second-order valence-corrected chi connectivity index (χ2v) is 18.4. The first-order valence-electron chi connectivity index (χ1n) is 18.6. The van der Waals surface area contributed by atoms with Gasteiger partial charge in [0.25, 0.3) is 5.91 Å². The van der Waals surface area contributed by atoms with Crippen LogP contribution in [0.15, 0.2) is 60.7 Å². The molecule has 2 fully saturated rings. The van der Waals surface area contributed by atoms with Gasteiger partial charge in [0, 0.05) is 27.1 Å². The van der Waals surface area contributed by atoms with E-state index >= 15 is 0 Å². The Labute approximate surface area is 332 Å². The molecule has 55 heavy (non-hydrogen) atoms. The lowest BCUT2D eigenvalue weighted by atomic mass is 9.85. The number of rotatable bonds is 15. The molecule has 2 heterocycles. The van der Waals surface area contributed by atoms with Crippen molar-refractivity contribution in [3.05, 3.63) is 71.8 Å². The fourth-order valence-corrected chi connectivity index (χ4v) is 9.92. The van der Waals surface area contributed by atoms with Crippen molar-refractivity contribution in [2.45, 2.75) is 88.0 Å². The van der Waals surface area contributed by atoms with Crippen LogP contribution in [0.3, 0.4) is 0 Å². The van der Waals surface area contributed by atoms with Crippen molar-refractivity contribution < 1.29 is 33.6 Å². The summed E-state index contributed by atoms with van der Waals surface area (Å²) in [6.45, 7) is 7.10. The third kappa shape index (κ3) is 11.8. The molecule has 0 radical (unpaired) electrons. The minimum absolute atomic E-state index is 0.0899. The normalized spacial score (nSPS) is 18.0. The van der Waals surface area contributed by atoms with E-state index in [0.29, 0.717) is 18.4 Å². The molecule has 298 valence electrons. The van der Waals surface area contributed by atoms with E-state index in [1.54, 1.807) is 68.0 Å². The van der Waals surface area contributed by atoms with Crippen molar-refractivity contribution in [1.82, 2.24) is 31.1 Å². The Balaban J connectivity index is 1.47. The Kier molecular flexibility index (Phi) is 15.4. The van der Waals surface area contributed by atoms with Crippen molar-refractivity contribution >= 4 is 64.8 Å². The van der Waals surface area contributed by atoms with Crippen LogP contribution in [0.4, 0.5) is 0 Å². The number of carbonyl (C=O) groups excluding carboxylic acids is 7. The molecule has 2 aliphatic heterocycles. The third-order valence-corrected chi connectivity index (χ3v) is 12.8. The highest BCUT2D eigenvalue weighted by atomic mass is 32.2. The van der Waals surface area contributed by atoms with E-state index in [2.05, 4.69) is 21.3 Å². The Morgan fingerprint density at radius 2 is 1.49 bits per heavy atom. The second kappa shape index (κ2) is 19.5. The molecule has 2 aromatic rings. The van der Waals surface area contributed by atoms with Gasteiger partial charge in [0.15, 0.2) is 0 Å². The number of Topliss-reactive ketones (excluding diaryl/α,β-unsaturated/α-hetero) is 1. The number of nitrogens with one attached hydrogen (secondary N) is 4. The van der Waals surface area contributed by atoms with Crippen LogP contribution in [0.1, 0.15) is 70.5 Å². The predicted molar refractivity (Wildman–Crippen MR) is 215 cm³/mol. The molecule has 6 amide bonds. The van der Waals surface area contributed by atoms with Crippen LogP contribution in [0.25, 0.3) is 0 Å². The number of benzene rings is 2. The van der Waals surface area contributed by atoms with Gasteiger partial charge in [0.1, 0.15) is 18.1 Å². The molecule has 4 rings (SSSR count). The summed E-state index contributed by atoms with van der Waals surface area (Å²) in [5.74, 6) is -2.57. The number of likely N-dealkylation sites (tertiary alicyclic amines) is 1. The fraction of sp³-hybridized carbons (Fsp3) is 0.525. The van der Waals surface area contributed by atoms with Crippen LogP contribution in [-0.4, -0.2) is 112 Å². The first-order valence-corrected chi connectivity index (χ1v) is 20.6. The first-order chi connectivity index (χ1) is 26.0. The highest BCUT2D eigenvalue weighted by Crippen LogP contribution is 2.50. The Morgan fingerprint density at radius 3 is 2.07 bits per heavy atom. The molecule has 1 unspecified atom stereocenters. The first kappa shape index (κ1) is 43.4. The van der Waals surface area contributed by atoms with Crippen LogP contribution in [0, 0.1) is 5.41 Å². The molecular formula is C40H54N6O7S2. The van der Waals surface area contributed by atoms with Crippen molar-refractivity contribution in [2.75, 3.05) is 38.7 Å². The number of hydrogen-bond donors (Lipinski definition) is 4. The van der Waals surface area contributed by atoms with Crippen LogP contribution in [-0.2, 0) is 40.0 Å². The molecular weight excluding hydrogens is 741 g/mol. The summed E-state index contributed by atoms with van der Waals surface area (Å²) >= 11 is 3.43. The molecule has 4 atom stereocenters. The predicted octanol–water partition coefficient (Wildman–Crippen LogP) is 2.84. The smallest absolute Gasteiger partial charge is 0.290 e. The number of amides is 6. The number of nitrogens with zero attached hydrogens (tertiary/aromatic N) is 2. The van der Waals surface area contributed by atoms with Gasteiger partial charge in [-0.15, -0.1) is 23.5 Å². The lowest BCUT2D eigenvalue weighted by molar-refractivity contribution is -0.145. The molecule has 2 aromatic carbocycles. The fourth-order valence-electron chi connectivity index (χ4n) is 6.57. The quantitative estimate of drug-likeness (QED) is 0.198. The second-order valence-electron chi connectivity index (χ2n) is 15.2. The van der Waals surface area contributed by atoms with Crippen LogP contribution >= 0.6 is 23.5 Å². The SMILES string of the molecule is CCC[C@@H](NC(=O)[C@@H]1CC2(CN1C(=O)[C@@H](NC(=O)Cc1ccccc1)C(C)(C)C)SCCCS2)C(=O)C(=O)NCC(=O)NC(C(=O)N(C)C)c1ccccc1. The number of carbonyl (C=O) groups is 7. The summed E-state index contributed by atoms with van der Waals surface area (Å²) in [5.41, 5.74) is 0.663. The van der Waals surface area contributed by atoms with E-state index in [1.165, 1.54) is 9.80 Å². The van der Waals surface area contributed by atoms with Gasteiger partial charge in [-0.25, -0.2) is 0 Å². The molecule has 2 aliphatic rings. The standard InChI is InChI=1S/C40H54N6O7S2/c1-7-15-28(33(49)36(51)41-24-31(48)43-32(37(52)45(5)6)27-18-12-9-13-19-27)42-35(50)29-23-40(54-20-14-21-55-40)25-46(29)38(53)34(39(2,3)4)44-30(47)22-26-16-10-8-11-17-26/h8-13,16-19,28-29,32,34H,7,14-15,20-25H2,1-6H3,(H,41,51)(H,42,50)(H,43,48)(H,44,47)/t28-,29+,32?,34-/m1/s1. The van der Waals surface area contributed by atoms with E-state index in [1.807, 2.05) is 58.0 Å². The van der Waals surface area contributed by atoms with Gasteiger partial charge in [0.2, 0.25) is 35.3 Å². The molecule has 2 saturated heterocycles.